The lowest BCUT2D eigenvalue weighted by Crippen LogP contribution is -2.31. The number of aryl methyl sites for hydroxylation is 1. The van der Waals surface area contributed by atoms with Crippen LogP contribution in [0.25, 0.3) is 5.65 Å². The van der Waals surface area contributed by atoms with Gasteiger partial charge in [-0.2, -0.15) is 5.10 Å². The van der Waals surface area contributed by atoms with E-state index in [9.17, 15) is 4.79 Å². The molecule has 0 unspecified atom stereocenters. The predicted molar refractivity (Wildman–Crippen MR) is 80.7 cm³/mol. The molecule has 2 aromatic rings. The number of nitrogens with one attached hydrogen (secondary N) is 1. The summed E-state index contributed by atoms with van der Waals surface area (Å²) in [6.07, 6.45) is 3.48. The molecular weight excluding hydrogens is 290 g/mol. The van der Waals surface area contributed by atoms with Crippen LogP contribution in [-0.4, -0.2) is 51.6 Å². The number of amides is 1. The van der Waals surface area contributed by atoms with Crippen molar-refractivity contribution in [2.75, 3.05) is 26.2 Å². The van der Waals surface area contributed by atoms with Crippen molar-refractivity contribution in [3.05, 3.63) is 29.7 Å². The molecular formula is C14H18ClN5O. The molecule has 0 bridgehead atoms. The van der Waals surface area contributed by atoms with Crippen LogP contribution >= 0.6 is 12.4 Å². The van der Waals surface area contributed by atoms with E-state index in [1.807, 2.05) is 24.1 Å². The molecule has 2 atom stereocenters. The number of rotatable bonds is 1. The summed E-state index contributed by atoms with van der Waals surface area (Å²) in [4.78, 5) is 19.1. The van der Waals surface area contributed by atoms with Crippen LogP contribution in [0.3, 0.4) is 0 Å². The number of nitrogens with zero attached hydrogens (tertiary/aromatic N) is 4. The molecule has 1 N–H and O–H groups in total. The van der Waals surface area contributed by atoms with Gasteiger partial charge >= 0.3 is 0 Å². The highest BCUT2D eigenvalue weighted by Crippen LogP contribution is 2.27. The maximum atomic E-state index is 12.7. The van der Waals surface area contributed by atoms with Crippen LogP contribution in [0, 0.1) is 18.8 Å². The zero-order valence-electron chi connectivity index (χ0n) is 11.8. The Kier molecular flexibility index (Phi) is 3.59. The molecule has 2 saturated heterocycles. The third-order valence-corrected chi connectivity index (χ3v) is 4.42. The average Bonchev–Trinajstić information content (AvgIpc) is 3.10. The zero-order valence-corrected chi connectivity index (χ0v) is 12.6. The van der Waals surface area contributed by atoms with Crippen LogP contribution in [0.4, 0.5) is 0 Å². The van der Waals surface area contributed by atoms with Gasteiger partial charge in [0.2, 0.25) is 0 Å². The first kappa shape index (κ1) is 14.3. The van der Waals surface area contributed by atoms with Crippen LogP contribution in [-0.2, 0) is 0 Å². The van der Waals surface area contributed by atoms with Crippen LogP contribution in [0.1, 0.15) is 16.1 Å². The lowest BCUT2D eigenvalue weighted by molar-refractivity contribution is 0.0783. The Labute approximate surface area is 128 Å². The van der Waals surface area contributed by atoms with Crippen molar-refractivity contribution in [3.63, 3.8) is 0 Å². The molecule has 0 aliphatic carbocycles. The van der Waals surface area contributed by atoms with Crippen LogP contribution in [0.2, 0.25) is 0 Å². The second-order valence-electron chi connectivity index (χ2n) is 5.78. The fourth-order valence-corrected chi connectivity index (χ4v) is 3.30. The molecule has 7 heteroatoms. The topological polar surface area (TPSA) is 62.5 Å². The Bertz CT molecular complexity index is 673. The predicted octanol–water partition coefficient (Wildman–Crippen LogP) is 0.751. The summed E-state index contributed by atoms with van der Waals surface area (Å²) in [6, 6.07) is 1.89. The normalized spacial score (nSPS) is 24.1. The monoisotopic (exact) mass is 307 g/mol. The molecule has 2 aromatic heterocycles. The fraction of sp³-hybridized carbons (Fsp3) is 0.500. The maximum absolute atomic E-state index is 12.7. The Morgan fingerprint density at radius 3 is 2.76 bits per heavy atom. The number of aromatic nitrogens is 3. The Morgan fingerprint density at radius 1 is 1.33 bits per heavy atom. The van der Waals surface area contributed by atoms with Crippen molar-refractivity contribution in [1.82, 2.24) is 24.8 Å². The lowest BCUT2D eigenvalue weighted by Gasteiger charge is -2.16. The van der Waals surface area contributed by atoms with Crippen LogP contribution in [0.5, 0.6) is 0 Å². The van der Waals surface area contributed by atoms with E-state index in [1.165, 1.54) is 0 Å². The van der Waals surface area contributed by atoms with Gasteiger partial charge in [-0.05, 0) is 24.8 Å². The van der Waals surface area contributed by atoms with Gasteiger partial charge in [-0.15, -0.1) is 12.4 Å². The van der Waals surface area contributed by atoms with E-state index < -0.39 is 0 Å². The number of hydrogen-bond acceptors (Lipinski definition) is 4. The number of hydrogen-bond donors (Lipinski definition) is 1. The molecule has 21 heavy (non-hydrogen) atoms. The van der Waals surface area contributed by atoms with Gasteiger partial charge in [0, 0.05) is 38.1 Å². The third kappa shape index (κ3) is 2.28. The number of halogens is 1. The molecule has 4 heterocycles. The Balaban J connectivity index is 0.00000132. The number of carbonyl (C=O) groups is 1. The third-order valence-electron chi connectivity index (χ3n) is 4.42. The summed E-state index contributed by atoms with van der Waals surface area (Å²) in [5, 5.41) is 7.61. The molecule has 2 aliphatic heterocycles. The second kappa shape index (κ2) is 5.27. The highest BCUT2D eigenvalue weighted by atomic mass is 35.5. The fourth-order valence-electron chi connectivity index (χ4n) is 3.30. The minimum absolute atomic E-state index is 0. The standard InChI is InChI=1S/C14H17N5O.ClH/c1-9-2-3-19-13(17-9)12(6-16-19)14(20)18-7-10-4-15-5-11(10)8-18;/h2-3,6,10-11,15H,4-5,7-8H2,1H3;1H/t10-,11+;. The highest BCUT2D eigenvalue weighted by Gasteiger charge is 2.38. The molecule has 112 valence electrons. The maximum Gasteiger partial charge on any atom is 0.259 e. The molecule has 0 radical (unpaired) electrons. The van der Waals surface area contributed by atoms with Gasteiger partial charge in [0.05, 0.1) is 6.20 Å². The van der Waals surface area contributed by atoms with Crippen LogP contribution < -0.4 is 5.32 Å². The molecule has 2 fully saturated rings. The Morgan fingerprint density at radius 2 is 2.05 bits per heavy atom. The van der Waals surface area contributed by atoms with E-state index in [0.717, 1.165) is 31.9 Å². The van der Waals surface area contributed by atoms with E-state index in [1.54, 1.807) is 10.7 Å². The summed E-state index contributed by atoms with van der Waals surface area (Å²) in [6.45, 7) is 5.67. The van der Waals surface area contributed by atoms with Gasteiger partial charge in [-0.25, -0.2) is 9.50 Å². The van der Waals surface area contributed by atoms with E-state index in [4.69, 9.17) is 0 Å². The van der Waals surface area contributed by atoms with Gasteiger partial charge in [-0.1, -0.05) is 0 Å². The molecule has 4 rings (SSSR count). The summed E-state index contributed by atoms with van der Waals surface area (Å²) >= 11 is 0. The Hall–Kier alpha value is -1.66. The summed E-state index contributed by atoms with van der Waals surface area (Å²) in [5.41, 5.74) is 2.17. The molecule has 1 amide bonds. The minimum Gasteiger partial charge on any atom is -0.338 e. The van der Waals surface area contributed by atoms with Crippen molar-refractivity contribution in [2.24, 2.45) is 11.8 Å². The molecule has 0 aromatic carbocycles. The van der Waals surface area contributed by atoms with E-state index >= 15 is 0 Å². The van der Waals surface area contributed by atoms with E-state index in [2.05, 4.69) is 15.4 Å². The van der Waals surface area contributed by atoms with Gasteiger partial charge in [0.25, 0.3) is 5.91 Å². The highest BCUT2D eigenvalue weighted by molar-refractivity contribution is 5.99. The first-order valence-corrected chi connectivity index (χ1v) is 7.03. The van der Waals surface area contributed by atoms with Gasteiger partial charge in [0.1, 0.15) is 5.56 Å². The summed E-state index contributed by atoms with van der Waals surface area (Å²) < 4.78 is 1.67. The lowest BCUT2D eigenvalue weighted by atomic mass is 10.0. The molecule has 2 aliphatic rings. The van der Waals surface area contributed by atoms with Crippen molar-refractivity contribution >= 4 is 24.0 Å². The zero-order chi connectivity index (χ0) is 13.7. The van der Waals surface area contributed by atoms with Crippen molar-refractivity contribution in [3.8, 4) is 0 Å². The van der Waals surface area contributed by atoms with Gasteiger partial charge in [0.15, 0.2) is 5.65 Å². The molecule has 0 saturated carbocycles. The van der Waals surface area contributed by atoms with E-state index in [0.29, 0.717) is 23.0 Å². The SMILES string of the molecule is Cc1ccn2ncc(C(=O)N3C[C@H]4CNC[C@H]4C3)c2n1.Cl. The van der Waals surface area contributed by atoms with E-state index in [-0.39, 0.29) is 18.3 Å². The molecule has 6 nitrogen and oxygen atoms in total. The number of likely N-dealkylation sites (tertiary alicyclic amines) is 1. The summed E-state index contributed by atoms with van der Waals surface area (Å²) in [7, 11) is 0. The van der Waals surface area contributed by atoms with Crippen molar-refractivity contribution in [1.29, 1.82) is 0 Å². The first-order valence-electron chi connectivity index (χ1n) is 7.03. The number of carbonyl (C=O) groups excluding carboxylic acids is 1. The summed E-state index contributed by atoms with van der Waals surface area (Å²) in [5.74, 6) is 1.28. The second-order valence-corrected chi connectivity index (χ2v) is 5.78. The molecule has 0 spiro atoms. The largest absolute Gasteiger partial charge is 0.338 e. The first-order chi connectivity index (χ1) is 9.72. The van der Waals surface area contributed by atoms with Crippen molar-refractivity contribution < 1.29 is 4.79 Å². The minimum atomic E-state index is 0. The smallest absolute Gasteiger partial charge is 0.259 e. The van der Waals surface area contributed by atoms with Gasteiger partial charge in [-0.3, -0.25) is 4.79 Å². The average molecular weight is 308 g/mol. The van der Waals surface area contributed by atoms with Crippen LogP contribution in [0.15, 0.2) is 18.5 Å². The number of fused-ring (bicyclic) bond motifs is 2. The van der Waals surface area contributed by atoms with Crippen molar-refractivity contribution in [2.45, 2.75) is 6.92 Å². The van der Waals surface area contributed by atoms with Gasteiger partial charge < -0.3 is 10.2 Å². The quantitative estimate of drug-likeness (QED) is 0.844.